The first-order valence-electron chi connectivity index (χ1n) is 5.94. The van der Waals surface area contributed by atoms with E-state index in [0.717, 1.165) is 5.56 Å². The lowest BCUT2D eigenvalue weighted by atomic mass is 10.0. The molecule has 0 amide bonds. The highest BCUT2D eigenvalue weighted by Gasteiger charge is 2.12. The van der Waals surface area contributed by atoms with E-state index in [-0.39, 0.29) is 17.5 Å². The molecule has 1 atom stereocenters. The van der Waals surface area contributed by atoms with E-state index in [4.69, 9.17) is 5.26 Å². The van der Waals surface area contributed by atoms with Crippen molar-refractivity contribution in [2.24, 2.45) is 0 Å². The van der Waals surface area contributed by atoms with Crippen molar-refractivity contribution in [2.75, 3.05) is 18.1 Å². The lowest BCUT2D eigenvalue weighted by molar-refractivity contribution is 0.552. The van der Waals surface area contributed by atoms with Crippen molar-refractivity contribution < 1.29 is 8.42 Å². The molecule has 1 rings (SSSR count). The fourth-order valence-corrected chi connectivity index (χ4v) is 2.34. The van der Waals surface area contributed by atoms with Gasteiger partial charge in [0, 0.05) is 18.3 Å². The van der Waals surface area contributed by atoms with Crippen LogP contribution in [0.2, 0.25) is 0 Å². The zero-order chi connectivity index (χ0) is 13.4. The maximum atomic E-state index is 11.4. The topological polar surface area (TPSA) is 70.0 Å². The summed E-state index contributed by atoms with van der Waals surface area (Å²) in [6, 6.07) is 11.6. The second kappa shape index (κ2) is 7.14. The van der Waals surface area contributed by atoms with Gasteiger partial charge in [-0.05, 0) is 5.56 Å². The van der Waals surface area contributed by atoms with E-state index in [1.807, 2.05) is 30.3 Å². The van der Waals surface area contributed by atoms with Gasteiger partial charge in [0.1, 0.15) is 0 Å². The van der Waals surface area contributed by atoms with Gasteiger partial charge >= 0.3 is 0 Å². The predicted molar refractivity (Wildman–Crippen MR) is 71.7 cm³/mol. The normalized spacial score (nSPS) is 12.9. The number of hydrogen-bond acceptors (Lipinski definition) is 4. The molecule has 18 heavy (non-hydrogen) atoms. The molecule has 0 radical (unpaired) electrons. The van der Waals surface area contributed by atoms with Gasteiger partial charge in [0.15, 0.2) is 9.84 Å². The largest absolute Gasteiger partial charge is 0.308 e. The zero-order valence-corrected chi connectivity index (χ0v) is 11.3. The summed E-state index contributed by atoms with van der Waals surface area (Å²) < 4.78 is 22.7. The summed E-state index contributed by atoms with van der Waals surface area (Å²) in [4.78, 5) is 0. The monoisotopic (exact) mass is 266 g/mol. The first-order valence-corrected chi connectivity index (χ1v) is 7.77. The number of benzene rings is 1. The average Bonchev–Trinajstić information content (AvgIpc) is 2.39. The van der Waals surface area contributed by atoms with Gasteiger partial charge in [-0.15, -0.1) is 0 Å². The van der Waals surface area contributed by atoms with E-state index in [1.54, 1.807) is 6.92 Å². The highest BCUT2D eigenvalue weighted by Crippen LogP contribution is 2.15. The molecule has 1 unspecified atom stereocenters. The predicted octanol–water partition coefficient (Wildman–Crippen LogP) is 1.67. The molecule has 5 heteroatoms. The molecule has 1 N–H and O–H groups in total. The van der Waals surface area contributed by atoms with Crippen molar-refractivity contribution in [3.63, 3.8) is 0 Å². The smallest absolute Gasteiger partial charge is 0.151 e. The molecule has 1 aromatic carbocycles. The fraction of sp³-hybridized carbons (Fsp3) is 0.462. The second-order valence-electron chi connectivity index (χ2n) is 4.02. The standard InChI is InChI=1S/C13H18N2O2S/c1-2-18(16,17)11-10-15-13(8-9-14)12-6-4-3-5-7-12/h3-7,13,15H,2,8,10-11H2,1H3. The minimum absolute atomic E-state index is 0.108. The molecular weight excluding hydrogens is 248 g/mol. The van der Waals surface area contributed by atoms with Crippen LogP contribution in [0.15, 0.2) is 30.3 Å². The lowest BCUT2D eigenvalue weighted by Crippen LogP contribution is -2.27. The molecule has 0 aliphatic heterocycles. The number of rotatable bonds is 7. The summed E-state index contributed by atoms with van der Waals surface area (Å²) in [5, 5.41) is 11.9. The van der Waals surface area contributed by atoms with Crippen LogP contribution in [0.4, 0.5) is 0 Å². The highest BCUT2D eigenvalue weighted by atomic mass is 32.2. The Hall–Kier alpha value is -1.38. The zero-order valence-electron chi connectivity index (χ0n) is 10.5. The molecule has 98 valence electrons. The third-order valence-corrected chi connectivity index (χ3v) is 4.45. The Balaban J connectivity index is 2.58. The Kier molecular flexibility index (Phi) is 5.83. The van der Waals surface area contributed by atoms with Crippen molar-refractivity contribution in [1.82, 2.24) is 5.32 Å². The minimum atomic E-state index is -2.96. The van der Waals surface area contributed by atoms with Crippen LogP contribution in [0.3, 0.4) is 0 Å². The van der Waals surface area contributed by atoms with Crippen LogP contribution in [0, 0.1) is 11.3 Å². The van der Waals surface area contributed by atoms with E-state index in [0.29, 0.717) is 13.0 Å². The van der Waals surface area contributed by atoms with Crippen molar-refractivity contribution in [2.45, 2.75) is 19.4 Å². The van der Waals surface area contributed by atoms with Crippen LogP contribution in [0.5, 0.6) is 0 Å². The number of hydrogen-bond donors (Lipinski definition) is 1. The second-order valence-corrected chi connectivity index (χ2v) is 6.49. The van der Waals surface area contributed by atoms with Crippen LogP contribution in [0.1, 0.15) is 24.9 Å². The van der Waals surface area contributed by atoms with E-state index < -0.39 is 9.84 Å². The molecule has 0 aliphatic carbocycles. The third kappa shape index (κ3) is 4.86. The van der Waals surface area contributed by atoms with Gasteiger partial charge in [0.2, 0.25) is 0 Å². The van der Waals surface area contributed by atoms with E-state index in [2.05, 4.69) is 11.4 Å². The third-order valence-electron chi connectivity index (χ3n) is 2.74. The van der Waals surface area contributed by atoms with E-state index in [9.17, 15) is 8.42 Å². The molecular formula is C13H18N2O2S. The lowest BCUT2D eigenvalue weighted by Gasteiger charge is -2.16. The maximum absolute atomic E-state index is 11.4. The summed E-state index contributed by atoms with van der Waals surface area (Å²) >= 11 is 0. The molecule has 0 aromatic heterocycles. The van der Waals surface area contributed by atoms with E-state index >= 15 is 0 Å². The summed E-state index contributed by atoms with van der Waals surface area (Å²) in [6.45, 7) is 2.01. The summed E-state index contributed by atoms with van der Waals surface area (Å²) in [5.41, 5.74) is 1.01. The van der Waals surface area contributed by atoms with Crippen LogP contribution in [0.25, 0.3) is 0 Å². The Morgan fingerprint density at radius 2 is 2.00 bits per heavy atom. The van der Waals surface area contributed by atoms with Crippen LogP contribution in [-0.4, -0.2) is 26.5 Å². The van der Waals surface area contributed by atoms with Gasteiger partial charge in [-0.1, -0.05) is 37.3 Å². The Morgan fingerprint density at radius 1 is 1.33 bits per heavy atom. The fourth-order valence-electron chi connectivity index (χ4n) is 1.62. The van der Waals surface area contributed by atoms with Gasteiger partial charge < -0.3 is 5.32 Å². The van der Waals surface area contributed by atoms with Gasteiger partial charge in [-0.25, -0.2) is 8.42 Å². The molecule has 0 bridgehead atoms. The summed E-state index contributed by atoms with van der Waals surface area (Å²) in [5.74, 6) is 0.265. The maximum Gasteiger partial charge on any atom is 0.151 e. The molecule has 0 saturated heterocycles. The summed E-state index contributed by atoms with van der Waals surface area (Å²) in [6.07, 6.45) is 0.330. The van der Waals surface area contributed by atoms with Gasteiger partial charge in [-0.2, -0.15) is 5.26 Å². The van der Waals surface area contributed by atoms with Crippen LogP contribution < -0.4 is 5.32 Å². The van der Waals surface area contributed by atoms with E-state index in [1.165, 1.54) is 0 Å². The van der Waals surface area contributed by atoms with Crippen LogP contribution in [-0.2, 0) is 9.84 Å². The highest BCUT2D eigenvalue weighted by molar-refractivity contribution is 7.91. The molecule has 0 fully saturated rings. The van der Waals surface area contributed by atoms with Crippen molar-refractivity contribution >= 4 is 9.84 Å². The number of nitriles is 1. The van der Waals surface area contributed by atoms with Crippen molar-refractivity contribution in [3.05, 3.63) is 35.9 Å². The molecule has 0 saturated carbocycles. The van der Waals surface area contributed by atoms with Gasteiger partial charge in [0.05, 0.1) is 18.2 Å². The first kappa shape index (κ1) is 14.7. The Bertz CT molecular complexity index is 491. The molecule has 0 aliphatic rings. The van der Waals surface area contributed by atoms with Gasteiger partial charge in [-0.3, -0.25) is 0 Å². The van der Waals surface area contributed by atoms with Crippen LogP contribution >= 0.6 is 0 Å². The first-order chi connectivity index (χ1) is 8.59. The Morgan fingerprint density at radius 3 is 2.56 bits per heavy atom. The molecule has 0 heterocycles. The SMILES string of the molecule is CCS(=O)(=O)CCNC(CC#N)c1ccccc1. The summed E-state index contributed by atoms with van der Waals surface area (Å²) in [7, 11) is -2.96. The molecule has 1 aromatic rings. The molecule has 4 nitrogen and oxygen atoms in total. The molecule has 0 spiro atoms. The minimum Gasteiger partial charge on any atom is -0.308 e. The van der Waals surface area contributed by atoms with Crippen molar-refractivity contribution in [3.8, 4) is 6.07 Å². The average molecular weight is 266 g/mol. The number of nitrogens with one attached hydrogen (secondary N) is 1. The van der Waals surface area contributed by atoms with Crippen molar-refractivity contribution in [1.29, 1.82) is 5.26 Å². The van der Waals surface area contributed by atoms with Gasteiger partial charge in [0.25, 0.3) is 0 Å². The quantitative estimate of drug-likeness (QED) is 0.815. The number of sulfone groups is 1. The Labute approximate surface area is 109 Å². The number of nitrogens with zero attached hydrogens (tertiary/aromatic N) is 1.